The van der Waals surface area contributed by atoms with Crippen LogP contribution in [0.4, 0.5) is 0 Å². The van der Waals surface area contributed by atoms with Crippen LogP contribution in [0.2, 0.25) is 0 Å². The van der Waals surface area contributed by atoms with Gasteiger partial charge in [-0.2, -0.15) is 0 Å². The van der Waals surface area contributed by atoms with Crippen LogP contribution in [0, 0.1) is 6.92 Å². The van der Waals surface area contributed by atoms with E-state index in [2.05, 4.69) is 6.92 Å². The molecule has 1 aromatic carbocycles. The fourth-order valence-corrected chi connectivity index (χ4v) is 2.65. The third-order valence-corrected chi connectivity index (χ3v) is 4.55. The molecule has 0 amide bonds. The average molecular weight is 243 g/mol. The van der Waals surface area contributed by atoms with Crippen LogP contribution in [0.1, 0.15) is 25.3 Å². The summed E-state index contributed by atoms with van der Waals surface area (Å²) in [6.07, 6.45) is 2.02. The summed E-state index contributed by atoms with van der Waals surface area (Å²) in [5.41, 5.74) is 1.12. The molecule has 16 heavy (non-hydrogen) atoms. The summed E-state index contributed by atoms with van der Waals surface area (Å²) in [6.45, 7) is 4.77. The molecule has 0 saturated carbocycles. The zero-order chi connectivity index (χ0) is 12.2. The zero-order valence-electron chi connectivity index (χ0n) is 10.2. The minimum absolute atomic E-state index is 0.594. The Morgan fingerprint density at radius 1 is 1.19 bits per heavy atom. The van der Waals surface area contributed by atoms with Crippen molar-refractivity contribution in [2.75, 3.05) is 13.6 Å². The van der Waals surface area contributed by atoms with E-state index in [1.165, 1.54) is 0 Å². The molecule has 0 saturated heterocycles. The van der Waals surface area contributed by atoms with E-state index in [0.717, 1.165) is 18.4 Å². The van der Waals surface area contributed by atoms with Gasteiger partial charge in [0.15, 0.2) is 0 Å². The second-order valence-corrected chi connectivity index (χ2v) is 6.17. The second kappa shape index (κ2) is 5.68. The summed E-state index contributed by atoms with van der Waals surface area (Å²) in [5, 5.41) is 0. The SMILES string of the molecule is CCCCN(C)S(O)(O)c1ccc(C)cc1. The van der Waals surface area contributed by atoms with Crippen LogP contribution in [0.3, 0.4) is 0 Å². The Morgan fingerprint density at radius 2 is 1.75 bits per heavy atom. The summed E-state index contributed by atoms with van der Waals surface area (Å²) in [7, 11) is -1.04. The number of hydrogen-bond donors (Lipinski definition) is 2. The van der Waals surface area contributed by atoms with Crippen LogP contribution in [0.5, 0.6) is 0 Å². The van der Waals surface area contributed by atoms with Gasteiger partial charge >= 0.3 is 0 Å². The van der Waals surface area contributed by atoms with Gasteiger partial charge in [0.2, 0.25) is 0 Å². The number of benzene rings is 1. The van der Waals surface area contributed by atoms with Crippen molar-refractivity contribution in [2.45, 2.75) is 31.6 Å². The molecular weight excluding hydrogens is 222 g/mol. The lowest BCUT2D eigenvalue weighted by molar-refractivity contribution is 0.379. The van der Waals surface area contributed by atoms with Gasteiger partial charge < -0.3 is 0 Å². The van der Waals surface area contributed by atoms with E-state index in [0.29, 0.717) is 11.4 Å². The van der Waals surface area contributed by atoms with E-state index in [4.69, 9.17) is 0 Å². The molecule has 0 heterocycles. The van der Waals surface area contributed by atoms with Crippen molar-refractivity contribution in [3.05, 3.63) is 29.8 Å². The molecule has 4 heteroatoms. The Labute approximate surface area is 99.6 Å². The predicted molar refractivity (Wildman–Crippen MR) is 69.8 cm³/mol. The van der Waals surface area contributed by atoms with Crippen LogP contribution in [0.15, 0.2) is 29.2 Å². The molecule has 0 fully saturated rings. The van der Waals surface area contributed by atoms with Crippen molar-refractivity contribution in [3.63, 3.8) is 0 Å². The molecule has 0 unspecified atom stereocenters. The highest BCUT2D eigenvalue weighted by Gasteiger charge is 2.20. The van der Waals surface area contributed by atoms with Gasteiger partial charge in [0.1, 0.15) is 0 Å². The van der Waals surface area contributed by atoms with Crippen LogP contribution in [-0.4, -0.2) is 27.0 Å². The third-order valence-electron chi connectivity index (χ3n) is 2.60. The molecule has 2 N–H and O–H groups in total. The number of nitrogens with zero attached hydrogens (tertiary/aromatic N) is 1. The van der Waals surface area contributed by atoms with Crippen molar-refractivity contribution >= 4 is 10.8 Å². The first-order valence-electron chi connectivity index (χ1n) is 5.54. The maximum atomic E-state index is 10.1. The maximum Gasteiger partial charge on any atom is 0.0752 e. The van der Waals surface area contributed by atoms with Crippen molar-refractivity contribution in [1.82, 2.24) is 4.31 Å². The van der Waals surface area contributed by atoms with Crippen molar-refractivity contribution < 1.29 is 9.11 Å². The highest BCUT2D eigenvalue weighted by Crippen LogP contribution is 2.50. The average Bonchev–Trinajstić information content (AvgIpc) is 2.26. The van der Waals surface area contributed by atoms with Crippen LogP contribution in [0.25, 0.3) is 0 Å². The van der Waals surface area contributed by atoms with E-state index in [1.807, 2.05) is 19.1 Å². The molecule has 0 aliphatic carbocycles. The topological polar surface area (TPSA) is 43.7 Å². The van der Waals surface area contributed by atoms with Crippen LogP contribution < -0.4 is 0 Å². The third kappa shape index (κ3) is 3.22. The molecule has 0 aromatic heterocycles. The summed E-state index contributed by atoms with van der Waals surface area (Å²) in [4.78, 5) is 0.594. The Kier molecular flexibility index (Phi) is 4.80. The minimum Gasteiger partial charge on any atom is -0.281 e. The molecule has 0 bridgehead atoms. The Morgan fingerprint density at radius 3 is 2.25 bits per heavy atom. The van der Waals surface area contributed by atoms with E-state index in [1.54, 1.807) is 23.5 Å². The molecule has 0 radical (unpaired) electrons. The maximum absolute atomic E-state index is 10.1. The number of hydrogen-bond acceptors (Lipinski definition) is 3. The molecular formula is C12H21NO2S. The quantitative estimate of drug-likeness (QED) is 0.827. The number of rotatable bonds is 5. The normalized spacial score (nSPS) is 13.1. The molecule has 0 aliphatic heterocycles. The Hall–Kier alpha value is -0.550. The van der Waals surface area contributed by atoms with Gasteiger partial charge in [-0.3, -0.25) is 9.11 Å². The Bertz CT molecular complexity index is 324. The van der Waals surface area contributed by atoms with Crippen molar-refractivity contribution in [1.29, 1.82) is 0 Å². The van der Waals surface area contributed by atoms with Crippen LogP contribution >= 0.6 is 10.8 Å². The van der Waals surface area contributed by atoms with Crippen molar-refractivity contribution in [3.8, 4) is 0 Å². The molecule has 0 spiro atoms. The van der Waals surface area contributed by atoms with E-state index in [9.17, 15) is 9.11 Å². The van der Waals surface area contributed by atoms with Crippen molar-refractivity contribution in [2.24, 2.45) is 0 Å². The summed E-state index contributed by atoms with van der Waals surface area (Å²) in [6, 6.07) is 7.37. The van der Waals surface area contributed by atoms with Gasteiger partial charge in [-0.1, -0.05) is 31.0 Å². The molecule has 1 aromatic rings. The second-order valence-electron chi connectivity index (χ2n) is 4.04. The van der Waals surface area contributed by atoms with E-state index in [-0.39, 0.29) is 0 Å². The largest absolute Gasteiger partial charge is 0.281 e. The lowest BCUT2D eigenvalue weighted by Gasteiger charge is -2.40. The first-order valence-corrected chi connectivity index (χ1v) is 7.05. The standard InChI is InChI=1S/C12H21NO2S/c1-4-5-10-13(3)16(14,15)12-8-6-11(2)7-9-12/h6-9,14-15H,4-5,10H2,1-3H3. The van der Waals surface area contributed by atoms with Gasteiger partial charge in [-0.15, -0.1) is 10.8 Å². The molecule has 0 aliphatic rings. The molecule has 1 rings (SSSR count). The summed E-state index contributed by atoms with van der Waals surface area (Å²) < 4.78 is 21.9. The lowest BCUT2D eigenvalue weighted by Crippen LogP contribution is -2.24. The highest BCUT2D eigenvalue weighted by molar-refractivity contribution is 8.22. The molecule has 92 valence electrons. The Balaban J connectivity index is 2.79. The number of aryl methyl sites for hydroxylation is 1. The minimum atomic E-state index is -2.79. The number of unbranched alkanes of at least 4 members (excludes halogenated alkanes) is 1. The van der Waals surface area contributed by atoms with Gasteiger partial charge in [-0.25, -0.2) is 4.31 Å². The monoisotopic (exact) mass is 243 g/mol. The van der Waals surface area contributed by atoms with Gasteiger partial charge in [-0.05, 0) is 25.5 Å². The van der Waals surface area contributed by atoms with Gasteiger partial charge in [0.25, 0.3) is 0 Å². The fourth-order valence-electron chi connectivity index (χ4n) is 1.41. The summed E-state index contributed by atoms with van der Waals surface area (Å²) >= 11 is 0. The lowest BCUT2D eigenvalue weighted by atomic mass is 10.2. The van der Waals surface area contributed by atoms with E-state index >= 15 is 0 Å². The molecule has 3 nitrogen and oxygen atoms in total. The predicted octanol–water partition coefficient (Wildman–Crippen LogP) is 3.75. The smallest absolute Gasteiger partial charge is 0.0752 e. The molecule has 0 atom stereocenters. The first-order chi connectivity index (χ1) is 7.48. The van der Waals surface area contributed by atoms with Gasteiger partial charge in [0, 0.05) is 13.6 Å². The zero-order valence-corrected chi connectivity index (χ0v) is 11.0. The first kappa shape index (κ1) is 13.5. The summed E-state index contributed by atoms with van der Waals surface area (Å²) in [5.74, 6) is 0. The van der Waals surface area contributed by atoms with Gasteiger partial charge in [0.05, 0.1) is 4.90 Å². The van der Waals surface area contributed by atoms with Crippen LogP contribution in [-0.2, 0) is 0 Å². The fraction of sp³-hybridized carbons (Fsp3) is 0.500. The van der Waals surface area contributed by atoms with E-state index < -0.39 is 10.8 Å². The highest BCUT2D eigenvalue weighted by atomic mass is 32.3.